The number of nitrogens with zero attached hydrogens (tertiary/aromatic N) is 2. The average molecular weight is 359 g/mol. The molecule has 1 aromatic carbocycles. The van der Waals surface area contributed by atoms with Gasteiger partial charge in [-0.1, -0.05) is 24.3 Å². The van der Waals surface area contributed by atoms with E-state index in [1.807, 2.05) is 30.4 Å². The van der Waals surface area contributed by atoms with E-state index in [1.165, 1.54) is 6.92 Å². The first-order chi connectivity index (χ1) is 13.1. The van der Waals surface area contributed by atoms with Gasteiger partial charge in [0, 0.05) is 25.5 Å². The zero-order valence-corrected chi connectivity index (χ0v) is 14.6. The van der Waals surface area contributed by atoms with Gasteiger partial charge in [-0.2, -0.15) is 0 Å². The normalized spacial score (nSPS) is 10.6. The Balaban J connectivity index is 1.64. The highest BCUT2D eigenvalue weighted by atomic mass is 16.5. The van der Waals surface area contributed by atoms with Crippen molar-refractivity contribution in [1.29, 1.82) is 0 Å². The second kappa shape index (κ2) is 8.53. The standard InChI is InChI=1S/C21H17N3O3/c1-15(25)24-20-14-17(8-13-23-20)3-2-16-4-6-19(7-5-16)27-21(26)18-9-11-22-12-10-18/h2-14H,1H3,(H,23,24,25)/b3-2+. The van der Waals surface area contributed by atoms with E-state index in [4.69, 9.17) is 4.74 Å². The van der Waals surface area contributed by atoms with Crippen molar-refractivity contribution < 1.29 is 14.3 Å². The predicted octanol–water partition coefficient (Wildman–Crippen LogP) is 3.82. The molecule has 27 heavy (non-hydrogen) atoms. The topological polar surface area (TPSA) is 81.2 Å². The van der Waals surface area contributed by atoms with Crippen LogP contribution in [0.5, 0.6) is 5.75 Å². The van der Waals surface area contributed by atoms with Crippen LogP contribution in [0.3, 0.4) is 0 Å². The van der Waals surface area contributed by atoms with Crippen LogP contribution in [-0.4, -0.2) is 21.8 Å². The Morgan fingerprint density at radius 3 is 2.33 bits per heavy atom. The van der Waals surface area contributed by atoms with E-state index in [0.717, 1.165) is 11.1 Å². The fourth-order valence-electron chi connectivity index (χ4n) is 2.29. The lowest BCUT2D eigenvalue weighted by molar-refractivity contribution is -0.114. The number of amides is 1. The minimum absolute atomic E-state index is 0.166. The van der Waals surface area contributed by atoms with Gasteiger partial charge in [0.25, 0.3) is 0 Å². The van der Waals surface area contributed by atoms with Gasteiger partial charge in [-0.15, -0.1) is 0 Å². The molecule has 0 spiro atoms. The predicted molar refractivity (Wildman–Crippen MR) is 103 cm³/mol. The maximum atomic E-state index is 12.0. The zero-order valence-electron chi connectivity index (χ0n) is 14.6. The van der Waals surface area contributed by atoms with Crippen LogP contribution in [0.2, 0.25) is 0 Å². The minimum atomic E-state index is -0.428. The van der Waals surface area contributed by atoms with Crippen molar-refractivity contribution in [2.24, 2.45) is 0 Å². The maximum Gasteiger partial charge on any atom is 0.343 e. The maximum absolute atomic E-state index is 12.0. The minimum Gasteiger partial charge on any atom is -0.423 e. The highest BCUT2D eigenvalue weighted by Crippen LogP contribution is 2.17. The zero-order chi connectivity index (χ0) is 19.1. The molecule has 0 radical (unpaired) electrons. The molecule has 0 aliphatic rings. The summed E-state index contributed by atoms with van der Waals surface area (Å²) < 4.78 is 5.33. The van der Waals surface area contributed by atoms with Crippen molar-refractivity contribution >= 4 is 29.8 Å². The number of rotatable bonds is 5. The summed E-state index contributed by atoms with van der Waals surface area (Å²) in [4.78, 5) is 31.1. The van der Waals surface area contributed by atoms with E-state index in [1.54, 1.807) is 48.9 Å². The molecule has 0 atom stereocenters. The molecule has 6 nitrogen and oxygen atoms in total. The monoisotopic (exact) mass is 359 g/mol. The first-order valence-corrected chi connectivity index (χ1v) is 8.24. The first kappa shape index (κ1) is 18.0. The molecule has 0 unspecified atom stereocenters. The Morgan fingerprint density at radius 2 is 1.63 bits per heavy atom. The second-order valence-electron chi connectivity index (χ2n) is 5.68. The molecule has 0 aliphatic heterocycles. The molecule has 2 heterocycles. The molecule has 2 aromatic heterocycles. The SMILES string of the molecule is CC(=O)Nc1cc(/C=C/c2ccc(OC(=O)c3ccncc3)cc2)ccn1. The summed E-state index contributed by atoms with van der Waals surface area (Å²) in [5.41, 5.74) is 2.29. The van der Waals surface area contributed by atoms with Crippen LogP contribution >= 0.6 is 0 Å². The summed E-state index contributed by atoms with van der Waals surface area (Å²) in [6, 6.07) is 14.0. The van der Waals surface area contributed by atoms with Gasteiger partial charge in [0.15, 0.2) is 0 Å². The Hall–Kier alpha value is -3.80. The Kier molecular flexibility index (Phi) is 5.69. The highest BCUT2D eigenvalue weighted by molar-refractivity contribution is 5.91. The van der Waals surface area contributed by atoms with Gasteiger partial charge in [-0.05, 0) is 47.5 Å². The molecule has 1 N–H and O–H groups in total. The number of benzene rings is 1. The van der Waals surface area contributed by atoms with Crippen molar-refractivity contribution in [3.8, 4) is 5.75 Å². The molecular weight excluding hydrogens is 342 g/mol. The third kappa shape index (κ3) is 5.34. The van der Waals surface area contributed by atoms with Gasteiger partial charge in [-0.25, -0.2) is 9.78 Å². The van der Waals surface area contributed by atoms with E-state index in [2.05, 4.69) is 15.3 Å². The van der Waals surface area contributed by atoms with Crippen LogP contribution in [0.15, 0.2) is 67.1 Å². The molecule has 134 valence electrons. The van der Waals surface area contributed by atoms with Crippen molar-refractivity contribution in [2.45, 2.75) is 6.92 Å². The van der Waals surface area contributed by atoms with Crippen LogP contribution < -0.4 is 10.1 Å². The lowest BCUT2D eigenvalue weighted by Gasteiger charge is -2.04. The van der Waals surface area contributed by atoms with E-state index in [9.17, 15) is 9.59 Å². The number of pyridine rings is 2. The van der Waals surface area contributed by atoms with Gasteiger partial charge < -0.3 is 10.1 Å². The van der Waals surface area contributed by atoms with Gasteiger partial charge in [-0.3, -0.25) is 9.78 Å². The van der Waals surface area contributed by atoms with Crippen molar-refractivity contribution in [3.63, 3.8) is 0 Å². The quantitative estimate of drug-likeness (QED) is 0.553. The smallest absolute Gasteiger partial charge is 0.343 e. The summed E-state index contributed by atoms with van der Waals surface area (Å²) >= 11 is 0. The molecular formula is C21H17N3O3. The summed E-state index contributed by atoms with van der Waals surface area (Å²) in [7, 11) is 0. The average Bonchev–Trinajstić information content (AvgIpc) is 2.68. The van der Waals surface area contributed by atoms with Crippen molar-refractivity contribution in [3.05, 3.63) is 83.8 Å². The van der Waals surface area contributed by atoms with Gasteiger partial charge in [0.2, 0.25) is 5.91 Å². The van der Waals surface area contributed by atoms with Gasteiger partial charge >= 0.3 is 5.97 Å². The number of carbonyl (C=O) groups excluding carboxylic acids is 2. The van der Waals surface area contributed by atoms with Crippen LogP contribution in [-0.2, 0) is 4.79 Å². The third-order valence-corrected chi connectivity index (χ3v) is 3.56. The summed E-state index contributed by atoms with van der Waals surface area (Å²) in [5.74, 6) is 0.373. The van der Waals surface area contributed by atoms with Crippen LogP contribution in [0.4, 0.5) is 5.82 Å². The van der Waals surface area contributed by atoms with E-state index in [0.29, 0.717) is 17.1 Å². The molecule has 0 bridgehead atoms. The van der Waals surface area contributed by atoms with E-state index in [-0.39, 0.29) is 5.91 Å². The number of ether oxygens (including phenoxy) is 1. The number of carbonyl (C=O) groups is 2. The molecule has 3 rings (SSSR count). The third-order valence-electron chi connectivity index (χ3n) is 3.56. The number of esters is 1. The van der Waals surface area contributed by atoms with Crippen LogP contribution in [0.1, 0.15) is 28.4 Å². The van der Waals surface area contributed by atoms with Crippen LogP contribution in [0, 0.1) is 0 Å². The Labute approximate surface area is 156 Å². The molecule has 0 fully saturated rings. The summed E-state index contributed by atoms with van der Waals surface area (Å²) in [5, 5.41) is 2.65. The molecule has 0 saturated carbocycles. The van der Waals surface area contributed by atoms with Gasteiger partial charge in [0.05, 0.1) is 5.56 Å². The number of aromatic nitrogens is 2. The van der Waals surface area contributed by atoms with Crippen molar-refractivity contribution in [2.75, 3.05) is 5.32 Å². The number of nitrogens with one attached hydrogen (secondary N) is 1. The first-order valence-electron chi connectivity index (χ1n) is 8.24. The molecule has 0 aliphatic carbocycles. The molecule has 0 saturated heterocycles. The summed E-state index contributed by atoms with van der Waals surface area (Å²) in [6.45, 7) is 1.44. The number of hydrogen-bond donors (Lipinski definition) is 1. The fourth-order valence-corrected chi connectivity index (χ4v) is 2.29. The Bertz CT molecular complexity index is 967. The molecule has 1 amide bonds. The molecule has 3 aromatic rings. The highest BCUT2D eigenvalue weighted by Gasteiger charge is 2.07. The Morgan fingerprint density at radius 1 is 0.926 bits per heavy atom. The van der Waals surface area contributed by atoms with E-state index < -0.39 is 5.97 Å². The lowest BCUT2D eigenvalue weighted by Crippen LogP contribution is -2.08. The van der Waals surface area contributed by atoms with Crippen LogP contribution in [0.25, 0.3) is 12.2 Å². The van der Waals surface area contributed by atoms with E-state index >= 15 is 0 Å². The largest absolute Gasteiger partial charge is 0.423 e. The number of anilines is 1. The second-order valence-corrected chi connectivity index (χ2v) is 5.68. The lowest BCUT2D eigenvalue weighted by atomic mass is 10.1. The summed E-state index contributed by atoms with van der Waals surface area (Å²) in [6.07, 6.45) is 8.54. The van der Waals surface area contributed by atoms with Crippen molar-refractivity contribution in [1.82, 2.24) is 9.97 Å². The molecule has 6 heteroatoms. The number of hydrogen-bond acceptors (Lipinski definition) is 5. The van der Waals surface area contributed by atoms with Gasteiger partial charge in [0.1, 0.15) is 11.6 Å². The fraction of sp³-hybridized carbons (Fsp3) is 0.0476.